The van der Waals surface area contributed by atoms with Crippen molar-refractivity contribution in [2.24, 2.45) is 17.6 Å². The van der Waals surface area contributed by atoms with Crippen LogP contribution in [0.25, 0.3) is 5.69 Å². The molecule has 122 valence electrons. The Morgan fingerprint density at radius 3 is 2.70 bits per heavy atom. The Morgan fingerprint density at radius 2 is 1.96 bits per heavy atom. The van der Waals surface area contributed by atoms with E-state index in [1.807, 2.05) is 35.2 Å². The summed E-state index contributed by atoms with van der Waals surface area (Å²) in [7, 11) is 0. The molecule has 3 unspecified atom stereocenters. The summed E-state index contributed by atoms with van der Waals surface area (Å²) in [6, 6.07) is 9.91. The van der Waals surface area contributed by atoms with Gasteiger partial charge in [0.15, 0.2) is 0 Å². The van der Waals surface area contributed by atoms with Crippen LogP contribution in [0.3, 0.4) is 0 Å². The monoisotopic (exact) mass is 333 g/mol. The molecule has 0 radical (unpaired) electrons. The number of benzene rings is 1. The van der Waals surface area contributed by atoms with Crippen molar-refractivity contribution in [3.8, 4) is 5.69 Å². The van der Waals surface area contributed by atoms with Crippen molar-refractivity contribution in [1.82, 2.24) is 19.7 Å². The molecule has 2 aliphatic rings. The van der Waals surface area contributed by atoms with E-state index in [1.54, 1.807) is 11.0 Å². The fourth-order valence-corrected chi connectivity index (χ4v) is 3.68. The second-order valence-corrected chi connectivity index (χ2v) is 6.22. The highest BCUT2D eigenvalue weighted by Gasteiger charge is 2.43. The minimum atomic E-state index is -0.0868. The Bertz CT molecular complexity index is 689. The van der Waals surface area contributed by atoms with E-state index >= 15 is 0 Å². The predicted octanol–water partition coefficient (Wildman–Crippen LogP) is 1.50. The third kappa shape index (κ3) is 2.84. The molecule has 0 bridgehead atoms. The number of hydrogen-bond acceptors (Lipinski definition) is 4. The van der Waals surface area contributed by atoms with Crippen molar-refractivity contribution < 1.29 is 4.79 Å². The molecule has 4 rings (SSSR count). The predicted molar refractivity (Wildman–Crippen MR) is 88.7 cm³/mol. The largest absolute Gasteiger partial charge is 0.335 e. The van der Waals surface area contributed by atoms with Crippen LogP contribution in [0.1, 0.15) is 23.5 Å². The van der Waals surface area contributed by atoms with Gasteiger partial charge in [0.25, 0.3) is 5.91 Å². The van der Waals surface area contributed by atoms with E-state index in [0.29, 0.717) is 11.8 Å². The van der Waals surface area contributed by atoms with E-state index < -0.39 is 0 Å². The molecule has 2 fully saturated rings. The molecule has 2 aromatic rings. The van der Waals surface area contributed by atoms with Crippen LogP contribution in [0.4, 0.5) is 0 Å². The lowest BCUT2D eigenvalue weighted by Gasteiger charge is -2.17. The number of fused-ring (bicyclic) bond motifs is 1. The van der Waals surface area contributed by atoms with Gasteiger partial charge < -0.3 is 10.6 Å². The lowest BCUT2D eigenvalue weighted by Crippen LogP contribution is -2.34. The topological polar surface area (TPSA) is 77.0 Å². The second kappa shape index (κ2) is 6.29. The average molecular weight is 334 g/mol. The number of amides is 1. The van der Waals surface area contributed by atoms with Gasteiger partial charge in [-0.25, -0.2) is 9.67 Å². The van der Waals surface area contributed by atoms with Crippen LogP contribution in [0.5, 0.6) is 0 Å². The second-order valence-electron chi connectivity index (χ2n) is 6.22. The smallest absolute Gasteiger partial charge is 0.293 e. The fraction of sp³-hybridized carbons (Fsp3) is 0.438. The Labute approximate surface area is 141 Å². The van der Waals surface area contributed by atoms with Crippen LogP contribution in [-0.4, -0.2) is 44.7 Å². The molecule has 1 aliphatic heterocycles. The maximum atomic E-state index is 12.6. The first kappa shape index (κ1) is 16.0. The molecular formula is C16H20ClN5O. The number of nitrogens with zero attached hydrogens (tertiary/aromatic N) is 4. The van der Waals surface area contributed by atoms with Gasteiger partial charge in [-0.05, 0) is 36.8 Å². The number of carbonyl (C=O) groups excluding carboxylic acids is 1. The van der Waals surface area contributed by atoms with E-state index in [9.17, 15) is 4.79 Å². The zero-order valence-electron chi connectivity index (χ0n) is 12.7. The normalized spacial score (nSPS) is 26.0. The van der Waals surface area contributed by atoms with Gasteiger partial charge in [-0.2, -0.15) is 0 Å². The van der Waals surface area contributed by atoms with E-state index in [1.165, 1.54) is 0 Å². The maximum Gasteiger partial charge on any atom is 0.293 e. The number of hydrogen-bond donors (Lipinski definition) is 1. The summed E-state index contributed by atoms with van der Waals surface area (Å²) in [6.07, 6.45) is 3.80. The third-order valence-electron chi connectivity index (χ3n) is 4.90. The zero-order chi connectivity index (χ0) is 15.1. The molecule has 2 heterocycles. The lowest BCUT2D eigenvalue weighted by molar-refractivity contribution is 0.0767. The molecule has 1 amide bonds. The van der Waals surface area contributed by atoms with E-state index in [4.69, 9.17) is 5.73 Å². The Hall–Kier alpha value is -1.92. The number of nitrogens with two attached hydrogens (primary N) is 1. The Morgan fingerprint density at radius 1 is 1.17 bits per heavy atom. The summed E-state index contributed by atoms with van der Waals surface area (Å²) >= 11 is 0. The van der Waals surface area contributed by atoms with E-state index in [2.05, 4.69) is 10.1 Å². The van der Waals surface area contributed by atoms with Gasteiger partial charge in [0.2, 0.25) is 5.82 Å². The summed E-state index contributed by atoms with van der Waals surface area (Å²) in [5.74, 6) is 1.17. The molecule has 1 saturated carbocycles. The summed E-state index contributed by atoms with van der Waals surface area (Å²) in [6.45, 7) is 1.53. The standard InChI is InChI=1S/C16H19N5O.ClH/c17-14-7-6-11-8-20(9-13(11)14)16(22)15-18-10-21(19-15)12-4-2-1-3-5-12;/h1-5,10-11,13-14H,6-9,17H2;1H. The Kier molecular flexibility index (Phi) is 4.37. The van der Waals surface area contributed by atoms with Crippen molar-refractivity contribution in [2.45, 2.75) is 18.9 Å². The SMILES string of the molecule is Cl.NC1CCC2CN(C(=O)c3ncn(-c4ccccc4)n3)CC12. The van der Waals surface area contributed by atoms with Gasteiger partial charge in [0.1, 0.15) is 6.33 Å². The maximum absolute atomic E-state index is 12.6. The van der Waals surface area contributed by atoms with Crippen molar-refractivity contribution >= 4 is 18.3 Å². The molecule has 0 spiro atoms. The summed E-state index contributed by atoms with van der Waals surface area (Å²) in [5.41, 5.74) is 7.03. The van der Waals surface area contributed by atoms with Crippen molar-refractivity contribution in [3.05, 3.63) is 42.5 Å². The first-order valence-electron chi connectivity index (χ1n) is 7.74. The van der Waals surface area contributed by atoms with Crippen LogP contribution in [0.2, 0.25) is 0 Å². The zero-order valence-corrected chi connectivity index (χ0v) is 13.5. The molecule has 1 aromatic carbocycles. The average Bonchev–Trinajstić information content (AvgIpc) is 3.25. The number of halogens is 1. The van der Waals surface area contributed by atoms with Crippen LogP contribution in [0.15, 0.2) is 36.7 Å². The highest BCUT2D eigenvalue weighted by atomic mass is 35.5. The number of aromatic nitrogens is 3. The molecule has 7 heteroatoms. The minimum absolute atomic E-state index is 0. The first-order valence-corrected chi connectivity index (χ1v) is 7.74. The van der Waals surface area contributed by atoms with Crippen molar-refractivity contribution in [3.63, 3.8) is 0 Å². The van der Waals surface area contributed by atoms with Gasteiger partial charge in [0, 0.05) is 19.1 Å². The molecule has 2 N–H and O–H groups in total. The van der Waals surface area contributed by atoms with E-state index in [-0.39, 0.29) is 30.2 Å². The number of para-hydroxylation sites is 1. The first-order chi connectivity index (χ1) is 10.7. The van der Waals surface area contributed by atoms with Gasteiger partial charge >= 0.3 is 0 Å². The van der Waals surface area contributed by atoms with Gasteiger partial charge in [0.05, 0.1) is 5.69 Å². The summed E-state index contributed by atoms with van der Waals surface area (Å²) in [4.78, 5) is 18.6. The third-order valence-corrected chi connectivity index (χ3v) is 4.90. The quantitative estimate of drug-likeness (QED) is 0.903. The number of rotatable bonds is 2. The number of likely N-dealkylation sites (tertiary alicyclic amines) is 1. The summed E-state index contributed by atoms with van der Waals surface area (Å²) in [5, 5.41) is 4.32. The highest BCUT2D eigenvalue weighted by molar-refractivity contribution is 5.90. The minimum Gasteiger partial charge on any atom is -0.335 e. The molecule has 6 nitrogen and oxygen atoms in total. The molecular weight excluding hydrogens is 314 g/mol. The lowest BCUT2D eigenvalue weighted by atomic mass is 9.98. The molecule has 3 atom stereocenters. The van der Waals surface area contributed by atoms with Crippen molar-refractivity contribution in [2.75, 3.05) is 13.1 Å². The highest BCUT2D eigenvalue weighted by Crippen LogP contribution is 2.37. The Balaban J connectivity index is 0.00000156. The number of carbonyl (C=O) groups is 1. The molecule has 1 aliphatic carbocycles. The fourth-order valence-electron chi connectivity index (χ4n) is 3.68. The van der Waals surface area contributed by atoms with Gasteiger partial charge in [-0.1, -0.05) is 18.2 Å². The van der Waals surface area contributed by atoms with Crippen LogP contribution in [-0.2, 0) is 0 Å². The van der Waals surface area contributed by atoms with Crippen LogP contribution in [0, 0.1) is 11.8 Å². The van der Waals surface area contributed by atoms with Gasteiger partial charge in [-0.15, -0.1) is 17.5 Å². The molecule has 1 saturated heterocycles. The van der Waals surface area contributed by atoms with Crippen LogP contribution < -0.4 is 5.73 Å². The van der Waals surface area contributed by atoms with Gasteiger partial charge in [-0.3, -0.25) is 4.79 Å². The van der Waals surface area contributed by atoms with E-state index in [0.717, 1.165) is 31.6 Å². The molecule has 1 aromatic heterocycles. The summed E-state index contributed by atoms with van der Waals surface area (Å²) < 4.78 is 1.63. The molecule has 23 heavy (non-hydrogen) atoms. The van der Waals surface area contributed by atoms with Crippen molar-refractivity contribution in [1.29, 1.82) is 0 Å². The van der Waals surface area contributed by atoms with Crippen LogP contribution >= 0.6 is 12.4 Å².